The lowest BCUT2D eigenvalue weighted by Gasteiger charge is -2.10. The molecule has 3 nitrogen and oxygen atoms in total. The molecule has 0 spiro atoms. The molecule has 0 fully saturated rings. The Labute approximate surface area is 93.9 Å². The summed E-state index contributed by atoms with van der Waals surface area (Å²) in [6.45, 7) is 2.40. The Morgan fingerprint density at radius 3 is 2.88 bits per heavy atom. The number of imidazole rings is 1. The van der Waals surface area contributed by atoms with E-state index in [9.17, 15) is 4.39 Å². The van der Waals surface area contributed by atoms with Crippen LogP contribution in [0.3, 0.4) is 0 Å². The third kappa shape index (κ3) is 2.05. The average molecular weight is 219 g/mol. The van der Waals surface area contributed by atoms with Crippen LogP contribution in [-0.2, 0) is 13.6 Å². The second-order valence-electron chi connectivity index (χ2n) is 3.74. The van der Waals surface area contributed by atoms with E-state index in [4.69, 9.17) is 0 Å². The quantitative estimate of drug-likeness (QED) is 0.859. The maximum Gasteiger partial charge on any atom is 0.146 e. The molecule has 1 heterocycles. The number of halogens is 1. The van der Waals surface area contributed by atoms with Crippen LogP contribution in [0.25, 0.3) is 0 Å². The molecule has 1 N–H and O–H groups in total. The molecule has 0 saturated heterocycles. The molecule has 0 amide bonds. The van der Waals surface area contributed by atoms with Gasteiger partial charge in [0.05, 0.1) is 12.2 Å². The lowest BCUT2D eigenvalue weighted by Crippen LogP contribution is -2.07. The van der Waals surface area contributed by atoms with Crippen LogP contribution in [0, 0.1) is 12.7 Å². The van der Waals surface area contributed by atoms with E-state index in [1.165, 1.54) is 6.07 Å². The van der Waals surface area contributed by atoms with E-state index in [0.717, 1.165) is 11.4 Å². The maximum atomic E-state index is 13.5. The summed E-state index contributed by atoms with van der Waals surface area (Å²) in [6, 6.07) is 5.04. The van der Waals surface area contributed by atoms with Gasteiger partial charge in [0.2, 0.25) is 0 Å². The van der Waals surface area contributed by atoms with E-state index in [0.29, 0.717) is 12.2 Å². The lowest BCUT2D eigenvalue weighted by atomic mass is 10.2. The number of nitrogens with one attached hydrogen (secondary N) is 1. The predicted octanol–water partition coefficient (Wildman–Crippen LogP) is 2.48. The molecule has 0 aliphatic rings. The summed E-state index contributed by atoms with van der Waals surface area (Å²) >= 11 is 0. The highest BCUT2D eigenvalue weighted by Gasteiger charge is 2.05. The fourth-order valence-electron chi connectivity index (χ4n) is 1.59. The molecule has 1 aromatic heterocycles. The summed E-state index contributed by atoms with van der Waals surface area (Å²) < 4.78 is 15.4. The first-order valence-corrected chi connectivity index (χ1v) is 5.13. The summed E-state index contributed by atoms with van der Waals surface area (Å²) in [4.78, 5) is 4.17. The van der Waals surface area contributed by atoms with Crippen molar-refractivity contribution in [3.8, 4) is 0 Å². The summed E-state index contributed by atoms with van der Waals surface area (Å²) in [5.41, 5.74) is 1.44. The highest BCUT2D eigenvalue weighted by atomic mass is 19.1. The van der Waals surface area contributed by atoms with Crippen LogP contribution in [0.4, 0.5) is 10.1 Å². The molecule has 1 aromatic carbocycles. The summed E-state index contributed by atoms with van der Waals surface area (Å²) in [5, 5.41) is 3.07. The minimum atomic E-state index is -0.228. The van der Waals surface area contributed by atoms with Crippen LogP contribution in [0.1, 0.15) is 11.4 Å². The number of benzene rings is 1. The minimum Gasteiger partial charge on any atom is -0.375 e. The predicted molar refractivity (Wildman–Crippen MR) is 61.7 cm³/mol. The van der Waals surface area contributed by atoms with Gasteiger partial charge in [-0.15, -0.1) is 0 Å². The Bertz CT molecular complexity index is 471. The van der Waals surface area contributed by atoms with Gasteiger partial charge in [-0.1, -0.05) is 12.1 Å². The van der Waals surface area contributed by atoms with Crippen molar-refractivity contribution >= 4 is 5.69 Å². The van der Waals surface area contributed by atoms with Gasteiger partial charge in [0.25, 0.3) is 0 Å². The molecule has 0 aliphatic heterocycles. The number of nitrogens with zero attached hydrogens (tertiary/aromatic N) is 2. The SMILES string of the molecule is Cc1cccc(F)c1NCc1nccn1C. The van der Waals surface area contributed by atoms with Crippen molar-refractivity contribution in [1.29, 1.82) is 0 Å². The summed E-state index contributed by atoms with van der Waals surface area (Å²) in [6.07, 6.45) is 3.59. The molecule has 2 aromatic rings. The number of hydrogen-bond donors (Lipinski definition) is 1. The van der Waals surface area contributed by atoms with Gasteiger partial charge in [-0.25, -0.2) is 9.37 Å². The normalized spacial score (nSPS) is 10.4. The van der Waals surface area contributed by atoms with E-state index >= 15 is 0 Å². The molecular formula is C12H14FN3. The molecule has 0 aliphatic carbocycles. The zero-order valence-corrected chi connectivity index (χ0v) is 9.37. The Morgan fingerprint density at radius 1 is 1.44 bits per heavy atom. The highest BCUT2D eigenvalue weighted by molar-refractivity contribution is 5.51. The van der Waals surface area contributed by atoms with Crippen molar-refractivity contribution in [2.75, 3.05) is 5.32 Å². The van der Waals surface area contributed by atoms with Crippen molar-refractivity contribution in [2.45, 2.75) is 13.5 Å². The van der Waals surface area contributed by atoms with Gasteiger partial charge in [-0.2, -0.15) is 0 Å². The smallest absolute Gasteiger partial charge is 0.146 e. The topological polar surface area (TPSA) is 29.9 Å². The molecule has 84 valence electrons. The van der Waals surface area contributed by atoms with Crippen molar-refractivity contribution in [2.24, 2.45) is 7.05 Å². The second kappa shape index (κ2) is 4.35. The van der Waals surface area contributed by atoms with Gasteiger partial charge >= 0.3 is 0 Å². The van der Waals surface area contributed by atoms with Crippen molar-refractivity contribution in [3.63, 3.8) is 0 Å². The number of hydrogen-bond acceptors (Lipinski definition) is 2. The molecule has 0 unspecified atom stereocenters. The van der Waals surface area contributed by atoms with Crippen LogP contribution in [0.5, 0.6) is 0 Å². The molecule has 4 heteroatoms. The Balaban J connectivity index is 2.14. The van der Waals surface area contributed by atoms with Gasteiger partial charge < -0.3 is 9.88 Å². The molecular weight excluding hydrogens is 205 g/mol. The summed E-state index contributed by atoms with van der Waals surface area (Å²) in [5.74, 6) is 0.650. The zero-order valence-electron chi connectivity index (χ0n) is 9.37. The van der Waals surface area contributed by atoms with Gasteiger partial charge in [-0.3, -0.25) is 0 Å². The van der Waals surface area contributed by atoms with Crippen LogP contribution in [0.15, 0.2) is 30.6 Å². The van der Waals surface area contributed by atoms with Crippen molar-refractivity contribution in [3.05, 3.63) is 47.8 Å². The number of rotatable bonds is 3. The van der Waals surface area contributed by atoms with E-state index in [-0.39, 0.29) is 5.82 Å². The molecule has 0 bridgehead atoms. The Hall–Kier alpha value is -1.84. The maximum absolute atomic E-state index is 13.5. The molecule has 0 radical (unpaired) electrons. The Kier molecular flexibility index (Phi) is 2.90. The molecule has 0 saturated carbocycles. The van der Waals surface area contributed by atoms with Crippen LogP contribution < -0.4 is 5.32 Å². The highest BCUT2D eigenvalue weighted by Crippen LogP contribution is 2.19. The third-order valence-corrected chi connectivity index (χ3v) is 2.57. The average Bonchev–Trinajstić information content (AvgIpc) is 2.64. The fourth-order valence-corrected chi connectivity index (χ4v) is 1.59. The van der Waals surface area contributed by atoms with Crippen molar-refractivity contribution in [1.82, 2.24) is 9.55 Å². The van der Waals surface area contributed by atoms with Gasteiger partial charge in [0.1, 0.15) is 11.6 Å². The van der Waals surface area contributed by atoms with Gasteiger partial charge in [0.15, 0.2) is 0 Å². The van der Waals surface area contributed by atoms with E-state index in [1.807, 2.05) is 30.8 Å². The first-order chi connectivity index (χ1) is 7.68. The van der Waals surface area contributed by atoms with Crippen LogP contribution in [0.2, 0.25) is 0 Å². The number of aromatic nitrogens is 2. The largest absolute Gasteiger partial charge is 0.375 e. The number of para-hydroxylation sites is 1. The fraction of sp³-hybridized carbons (Fsp3) is 0.250. The first kappa shape index (κ1) is 10.7. The Morgan fingerprint density at radius 2 is 2.25 bits per heavy atom. The number of aryl methyl sites for hydroxylation is 2. The minimum absolute atomic E-state index is 0.228. The molecule has 16 heavy (non-hydrogen) atoms. The third-order valence-electron chi connectivity index (χ3n) is 2.57. The van der Waals surface area contributed by atoms with Crippen LogP contribution >= 0.6 is 0 Å². The zero-order chi connectivity index (χ0) is 11.5. The lowest BCUT2D eigenvalue weighted by molar-refractivity contribution is 0.628. The van der Waals surface area contributed by atoms with Crippen LogP contribution in [-0.4, -0.2) is 9.55 Å². The molecule has 0 atom stereocenters. The van der Waals surface area contributed by atoms with E-state index in [1.54, 1.807) is 12.3 Å². The monoisotopic (exact) mass is 219 g/mol. The first-order valence-electron chi connectivity index (χ1n) is 5.13. The van der Waals surface area contributed by atoms with Crippen molar-refractivity contribution < 1.29 is 4.39 Å². The standard InChI is InChI=1S/C12H14FN3/c1-9-4-3-5-10(13)12(9)15-8-11-14-6-7-16(11)2/h3-7,15H,8H2,1-2H3. The summed E-state index contributed by atoms with van der Waals surface area (Å²) in [7, 11) is 1.91. The van der Waals surface area contributed by atoms with Gasteiger partial charge in [0, 0.05) is 19.4 Å². The molecule has 2 rings (SSSR count). The van der Waals surface area contributed by atoms with E-state index < -0.39 is 0 Å². The van der Waals surface area contributed by atoms with E-state index in [2.05, 4.69) is 10.3 Å². The van der Waals surface area contributed by atoms with Gasteiger partial charge in [-0.05, 0) is 18.6 Å². The second-order valence-corrected chi connectivity index (χ2v) is 3.74. The number of anilines is 1.